The third kappa shape index (κ3) is 5.33. The van der Waals surface area contributed by atoms with Crippen molar-refractivity contribution in [1.29, 1.82) is 0 Å². The van der Waals surface area contributed by atoms with Crippen molar-refractivity contribution in [3.05, 3.63) is 0 Å². The quantitative estimate of drug-likeness (QED) is 0.685. The van der Waals surface area contributed by atoms with Crippen LogP contribution < -0.4 is 10.6 Å². The van der Waals surface area contributed by atoms with Crippen molar-refractivity contribution < 1.29 is 9.53 Å². The number of nitrogens with zero attached hydrogens (tertiary/aromatic N) is 1. The topological polar surface area (TPSA) is 53.6 Å². The first-order valence-electron chi connectivity index (χ1n) is 6.87. The highest BCUT2D eigenvalue weighted by molar-refractivity contribution is 5.77. The standard InChI is InChI=1S/C13H27N3O2/c1-4-11(10-18-3)15-12-5-7-16(8-6-12)9-13(17)14-2/h11-12,15H,4-10H2,1-3H3,(H,14,17). The largest absolute Gasteiger partial charge is 0.383 e. The molecule has 0 saturated carbocycles. The van der Waals surface area contributed by atoms with Gasteiger partial charge >= 0.3 is 0 Å². The van der Waals surface area contributed by atoms with Gasteiger partial charge in [0.05, 0.1) is 13.2 Å². The van der Waals surface area contributed by atoms with Gasteiger partial charge in [0.1, 0.15) is 0 Å². The lowest BCUT2D eigenvalue weighted by molar-refractivity contribution is -0.122. The highest BCUT2D eigenvalue weighted by Gasteiger charge is 2.22. The van der Waals surface area contributed by atoms with Crippen molar-refractivity contribution in [1.82, 2.24) is 15.5 Å². The van der Waals surface area contributed by atoms with Crippen LogP contribution in [-0.2, 0) is 9.53 Å². The van der Waals surface area contributed by atoms with E-state index in [1.54, 1.807) is 14.2 Å². The van der Waals surface area contributed by atoms with Crippen LogP contribution in [0.5, 0.6) is 0 Å². The summed E-state index contributed by atoms with van der Waals surface area (Å²) in [7, 11) is 3.43. The number of ether oxygens (including phenoxy) is 1. The zero-order chi connectivity index (χ0) is 13.4. The Labute approximate surface area is 110 Å². The molecule has 1 heterocycles. The number of amides is 1. The van der Waals surface area contributed by atoms with Crippen molar-refractivity contribution in [2.24, 2.45) is 0 Å². The fraction of sp³-hybridized carbons (Fsp3) is 0.923. The fourth-order valence-corrected chi connectivity index (χ4v) is 2.36. The molecule has 106 valence electrons. The van der Waals surface area contributed by atoms with Crippen molar-refractivity contribution in [3.63, 3.8) is 0 Å². The second kappa shape index (κ2) is 8.45. The van der Waals surface area contributed by atoms with Gasteiger partial charge in [-0.15, -0.1) is 0 Å². The number of hydrogen-bond acceptors (Lipinski definition) is 4. The van der Waals surface area contributed by atoms with Crippen LogP contribution in [0.2, 0.25) is 0 Å². The molecule has 1 unspecified atom stereocenters. The molecule has 0 aromatic heterocycles. The molecule has 2 N–H and O–H groups in total. The van der Waals surface area contributed by atoms with Crippen LogP contribution in [0.15, 0.2) is 0 Å². The van der Waals surface area contributed by atoms with Crippen LogP contribution in [0.25, 0.3) is 0 Å². The summed E-state index contributed by atoms with van der Waals surface area (Å²) in [5, 5.41) is 6.31. The van der Waals surface area contributed by atoms with Crippen molar-refractivity contribution in [2.45, 2.75) is 38.3 Å². The van der Waals surface area contributed by atoms with E-state index in [-0.39, 0.29) is 5.91 Å². The highest BCUT2D eigenvalue weighted by atomic mass is 16.5. The zero-order valence-electron chi connectivity index (χ0n) is 11.9. The molecule has 5 nitrogen and oxygen atoms in total. The molecular formula is C13H27N3O2. The van der Waals surface area contributed by atoms with Gasteiger partial charge in [0.15, 0.2) is 0 Å². The van der Waals surface area contributed by atoms with Crippen LogP contribution in [0, 0.1) is 0 Å². The average molecular weight is 257 g/mol. The molecule has 0 aromatic carbocycles. The fourth-order valence-electron chi connectivity index (χ4n) is 2.36. The number of likely N-dealkylation sites (tertiary alicyclic amines) is 1. The van der Waals surface area contributed by atoms with Gasteiger partial charge < -0.3 is 15.4 Å². The number of carbonyl (C=O) groups is 1. The van der Waals surface area contributed by atoms with E-state index in [9.17, 15) is 4.79 Å². The minimum atomic E-state index is 0.104. The first-order chi connectivity index (χ1) is 8.69. The number of nitrogens with one attached hydrogen (secondary N) is 2. The van der Waals surface area contributed by atoms with E-state index >= 15 is 0 Å². The van der Waals surface area contributed by atoms with E-state index in [1.165, 1.54) is 0 Å². The minimum Gasteiger partial charge on any atom is -0.383 e. The summed E-state index contributed by atoms with van der Waals surface area (Å²) in [5.74, 6) is 0.104. The molecule has 5 heteroatoms. The molecular weight excluding hydrogens is 230 g/mol. The minimum absolute atomic E-state index is 0.104. The molecule has 1 aliphatic heterocycles. The van der Waals surface area contributed by atoms with Crippen LogP contribution in [-0.4, -0.2) is 63.3 Å². The second-order valence-electron chi connectivity index (χ2n) is 4.95. The smallest absolute Gasteiger partial charge is 0.233 e. The molecule has 0 radical (unpaired) electrons. The Morgan fingerprint density at radius 2 is 2.11 bits per heavy atom. The van der Waals surface area contributed by atoms with E-state index in [2.05, 4.69) is 22.5 Å². The molecule has 1 aliphatic rings. The van der Waals surface area contributed by atoms with Gasteiger partial charge in [-0.1, -0.05) is 6.92 Å². The first kappa shape index (κ1) is 15.4. The maximum absolute atomic E-state index is 11.3. The summed E-state index contributed by atoms with van der Waals surface area (Å²) in [6.45, 7) is 5.47. The van der Waals surface area contributed by atoms with E-state index in [0.29, 0.717) is 18.6 Å². The third-order valence-corrected chi connectivity index (χ3v) is 3.57. The summed E-state index contributed by atoms with van der Waals surface area (Å²) in [6, 6.07) is 1.01. The van der Waals surface area contributed by atoms with Gasteiger partial charge in [-0.2, -0.15) is 0 Å². The van der Waals surface area contributed by atoms with E-state index < -0.39 is 0 Å². The average Bonchev–Trinajstić information content (AvgIpc) is 2.40. The second-order valence-corrected chi connectivity index (χ2v) is 4.95. The highest BCUT2D eigenvalue weighted by Crippen LogP contribution is 2.11. The SMILES string of the molecule is CCC(COC)NC1CCN(CC(=O)NC)CC1. The lowest BCUT2D eigenvalue weighted by Crippen LogP contribution is -2.49. The molecule has 1 saturated heterocycles. The molecule has 1 atom stereocenters. The Kier molecular flexibility index (Phi) is 7.23. The van der Waals surface area contributed by atoms with Gasteiger partial charge in [-0.25, -0.2) is 0 Å². The monoisotopic (exact) mass is 257 g/mol. The van der Waals surface area contributed by atoms with Gasteiger partial charge in [-0.05, 0) is 19.3 Å². The van der Waals surface area contributed by atoms with Gasteiger partial charge in [-0.3, -0.25) is 9.69 Å². The van der Waals surface area contributed by atoms with E-state index in [4.69, 9.17) is 4.74 Å². The number of piperidine rings is 1. The number of likely N-dealkylation sites (N-methyl/N-ethyl adjacent to an activating group) is 1. The maximum atomic E-state index is 11.3. The van der Waals surface area contributed by atoms with Gasteiger partial charge in [0.25, 0.3) is 0 Å². The van der Waals surface area contributed by atoms with Crippen LogP contribution in [0.4, 0.5) is 0 Å². The Balaban J connectivity index is 2.24. The molecule has 0 aliphatic carbocycles. The molecule has 0 spiro atoms. The van der Waals surface area contributed by atoms with Crippen molar-refractivity contribution in [3.8, 4) is 0 Å². The Morgan fingerprint density at radius 3 is 2.61 bits per heavy atom. The molecule has 0 aromatic rings. The predicted molar refractivity (Wildman–Crippen MR) is 72.6 cm³/mol. The zero-order valence-corrected chi connectivity index (χ0v) is 11.9. The predicted octanol–water partition coefficient (Wildman–Crippen LogP) is 0.211. The molecule has 18 heavy (non-hydrogen) atoms. The summed E-state index contributed by atoms with van der Waals surface area (Å²) in [6.07, 6.45) is 3.31. The first-order valence-corrected chi connectivity index (χ1v) is 6.87. The van der Waals surface area contributed by atoms with E-state index in [1.807, 2.05) is 0 Å². The normalized spacial score (nSPS) is 19.7. The summed E-state index contributed by atoms with van der Waals surface area (Å²) >= 11 is 0. The Hall–Kier alpha value is -0.650. The number of hydrogen-bond donors (Lipinski definition) is 2. The lowest BCUT2D eigenvalue weighted by Gasteiger charge is -2.33. The number of carbonyl (C=O) groups excluding carboxylic acids is 1. The number of rotatable bonds is 7. The van der Waals surface area contributed by atoms with Crippen molar-refractivity contribution >= 4 is 5.91 Å². The van der Waals surface area contributed by atoms with Gasteiger partial charge in [0, 0.05) is 39.3 Å². The molecule has 1 amide bonds. The molecule has 0 bridgehead atoms. The third-order valence-electron chi connectivity index (χ3n) is 3.57. The Morgan fingerprint density at radius 1 is 1.44 bits per heavy atom. The molecule has 1 rings (SSSR count). The number of methoxy groups -OCH3 is 1. The van der Waals surface area contributed by atoms with Crippen LogP contribution in [0.1, 0.15) is 26.2 Å². The van der Waals surface area contributed by atoms with Crippen LogP contribution in [0.3, 0.4) is 0 Å². The van der Waals surface area contributed by atoms with Gasteiger partial charge in [0.2, 0.25) is 5.91 Å². The van der Waals surface area contributed by atoms with Crippen molar-refractivity contribution in [2.75, 3.05) is 40.4 Å². The van der Waals surface area contributed by atoms with Crippen LogP contribution >= 0.6 is 0 Å². The summed E-state index contributed by atoms with van der Waals surface area (Å²) in [5.41, 5.74) is 0. The summed E-state index contributed by atoms with van der Waals surface area (Å²) < 4.78 is 5.20. The lowest BCUT2D eigenvalue weighted by atomic mass is 10.0. The Bertz CT molecular complexity index is 240. The molecule has 1 fully saturated rings. The maximum Gasteiger partial charge on any atom is 0.233 e. The van der Waals surface area contributed by atoms with E-state index in [0.717, 1.165) is 39.0 Å². The summed E-state index contributed by atoms with van der Waals surface area (Å²) in [4.78, 5) is 13.5.